The Labute approximate surface area is 196 Å². The zero-order valence-corrected chi connectivity index (χ0v) is 20.7. The minimum Gasteiger partial charge on any atom is -0.361 e. The summed E-state index contributed by atoms with van der Waals surface area (Å²) in [7, 11) is -3.59. The van der Waals surface area contributed by atoms with E-state index in [1.165, 1.54) is 10.9 Å². The van der Waals surface area contributed by atoms with Gasteiger partial charge in [0.25, 0.3) is 0 Å². The fourth-order valence-electron chi connectivity index (χ4n) is 4.86. The fourth-order valence-corrected chi connectivity index (χ4v) is 6.90. The molecule has 0 saturated carbocycles. The van der Waals surface area contributed by atoms with Crippen LogP contribution in [0, 0.1) is 33.6 Å². The van der Waals surface area contributed by atoms with E-state index in [1.807, 2.05) is 58.2 Å². The van der Waals surface area contributed by atoms with Crippen LogP contribution in [0.4, 0.5) is 0 Å². The number of aromatic amines is 1. The second-order valence-corrected chi connectivity index (χ2v) is 11.0. The van der Waals surface area contributed by atoms with Gasteiger partial charge in [-0.3, -0.25) is 4.79 Å². The first kappa shape index (κ1) is 23.5. The van der Waals surface area contributed by atoms with Crippen molar-refractivity contribution in [3.8, 4) is 0 Å². The number of rotatable bonds is 6. The van der Waals surface area contributed by atoms with Crippen molar-refractivity contribution in [1.82, 2.24) is 14.6 Å². The van der Waals surface area contributed by atoms with E-state index in [0.717, 1.165) is 34.2 Å². The lowest BCUT2D eigenvalue weighted by atomic mass is 9.97. The van der Waals surface area contributed by atoms with Gasteiger partial charge in [-0.25, -0.2) is 8.42 Å². The van der Waals surface area contributed by atoms with Gasteiger partial charge in [-0.1, -0.05) is 24.3 Å². The molecule has 1 aliphatic rings. The summed E-state index contributed by atoms with van der Waals surface area (Å²) in [5.41, 5.74) is 5.89. The Bertz CT molecular complexity index is 1260. The van der Waals surface area contributed by atoms with Crippen molar-refractivity contribution in [3.05, 3.63) is 64.3 Å². The van der Waals surface area contributed by atoms with Crippen LogP contribution in [0.3, 0.4) is 0 Å². The summed E-state index contributed by atoms with van der Waals surface area (Å²) in [6, 6.07) is 10.2. The number of H-pyrrole nitrogens is 1. The summed E-state index contributed by atoms with van der Waals surface area (Å²) in [4.78, 5) is 16.4. The molecule has 0 atom stereocenters. The Morgan fingerprint density at radius 1 is 1.06 bits per heavy atom. The van der Waals surface area contributed by atoms with Gasteiger partial charge in [-0.15, -0.1) is 0 Å². The molecule has 0 aliphatic carbocycles. The Morgan fingerprint density at radius 3 is 2.36 bits per heavy atom. The molecule has 1 aliphatic heterocycles. The molecule has 1 saturated heterocycles. The number of hydrogen-bond donors (Lipinski definition) is 2. The van der Waals surface area contributed by atoms with Crippen molar-refractivity contribution in [2.24, 2.45) is 5.92 Å². The van der Waals surface area contributed by atoms with Crippen molar-refractivity contribution in [3.63, 3.8) is 0 Å². The second kappa shape index (κ2) is 9.31. The molecular formula is C26H33N3O3S. The monoisotopic (exact) mass is 467 g/mol. The Hall–Kier alpha value is -2.64. The van der Waals surface area contributed by atoms with Gasteiger partial charge in [-0.05, 0) is 80.8 Å². The third-order valence-electron chi connectivity index (χ3n) is 7.09. The van der Waals surface area contributed by atoms with Crippen molar-refractivity contribution in [2.45, 2.75) is 51.9 Å². The van der Waals surface area contributed by atoms with Gasteiger partial charge in [-0.2, -0.15) is 4.31 Å². The molecule has 0 unspecified atom stereocenters. The topological polar surface area (TPSA) is 82.3 Å². The Kier molecular flexibility index (Phi) is 6.64. The smallest absolute Gasteiger partial charge is 0.243 e. The predicted octanol–water partition coefficient (Wildman–Crippen LogP) is 4.16. The molecule has 4 rings (SSSR count). The average Bonchev–Trinajstić information content (AvgIpc) is 3.21. The highest BCUT2D eigenvalue weighted by atomic mass is 32.2. The minimum absolute atomic E-state index is 0.0191. The van der Waals surface area contributed by atoms with E-state index in [4.69, 9.17) is 0 Å². The van der Waals surface area contributed by atoms with Crippen LogP contribution in [0.1, 0.15) is 40.7 Å². The first-order chi connectivity index (χ1) is 15.7. The third-order valence-corrected chi connectivity index (χ3v) is 9.26. The van der Waals surface area contributed by atoms with E-state index in [0.29, 0.717) is 37.4 Å². The molecule has 0 radical (unpaired) electrons. The van der Waals surface area contributed by atoms with Gasteiger partial charge in [0, 0.05) is 42.7 Å². The minimum atomic E-state index is -3.59. The lowest BCUT2D eigenvalue weighted by Gasteiger charge is -2.31. The molecule has 2 heterocycles. The molecule has 1 amide bonds. The zero-order valence-electron chi connectivity index (χ0n) is 19.9. The van der Waals surface area contributed by atoms with E-state index < -0.39 is 10.0 Å². The summed E-state index contributed by atoms with van der Waals surface area (Å²) in [5.74, 6) is -0.133. The van der Waals surface area contributed by atoms with Crippen LogP contribution < -0.4 is 5.32 Å². The van der Waals surface area contributed by atoms with E-state index in [2.05, 4.69) is 16.4 Å². The highest BCUT2D eigenvalue weighted by Gasteiger charge is 2.34. The summed E-state index contributed by atoms with van der Waals surface area (Å²) in [6.07, 6.45) is 3.84. The summed E-state index contributed by atoms with van der Waals surface area (Å²) in [5, 5.41) is 4.24. The molecule has 2 N–H and O–H groups in total. The van der Waals surface area contributed by atoms with E-state index in [1.54, 1.807) is 4.31 Å². The van der Waals surface area contributed by atoms with E-state index in [-0.39, 0.29) is 11.8 Å². The number of carbonyl (C=O) groups is 1. The maximum absolute atomic E-state index is 13.4. The van der Waals surface area contributed by atoms with Crippen LogP contribution in [-0.4, -0.2) is 43.2 Å². The van der Waals surface area contributed by atoms with Crippen molar-refractivity contribution in [1.29, 1.82) is 0 Å². The standard InChI is InChI=1S/C26H33N3O3S/c1-17-15-18(2)20(4)25(19(17)3)33(31,32)29-13-10-21(11-14-29)26(30)27-12-9-22-16-28-24-8-6-5-7-23(22)24/h5-8,15-16,21,28H,9-14H2,1-4H3,(H,27,30). The van der Waals surface area contributed by atoms with Crippen LogP contribution in [-0.2, 0) is 21.2 Å². The number of sulfonamides is 1. The molecule has 2 aromatic carbocycles. The second-order valence-electron chi connectivity index (χ2n) is 9.17. The first-order valence-corrected chi connectivity index (χ1v) is 13.0. The quantitative estimate of drug-likeness (QED) is 0.571. The number of piperidine rings is 1. The van der Waals surface area contributed by atoms with Gasteiger partial charge in [0.1, 0.15) is 0 Å². The third kappa shape index (κ3) is 4.57. The number of para-hydroxylation sites is 1. The van der Waals surface area contributed by atoms with Crippen LogP contribution >= 0.6 is 0 Å². The largest absolute Gasteiger partial charge is 0.361 e. The van der Waals surface area contributed by atoms with Gasteiger partial charge in [0.2, 0.25) is 15.9 Å². The highest BCUT2D eigenvalue weighted by Crippen LogP contribution is 2.31. The average molecular weight is 468 g/mol. The van der Waals surface area contributed by atoms with Gasteiger partial charge >= 0.3 is 0 Å². The van der Waals surface area contributed by atoms with Crippen LogP contribution in [0.5, 0.6) is 0 Å². The number of nitrogens with one attached hydrogen (secondary N) is 2. The fraction of sp³-hybridized carbons (Fsp3) is 0.423. The van der Waals surface area contributed by atoms with Crippen LogP contribution in [0.2, 0.25) is 0 Å². The van der Waals surface area contributed by atoms with Crippen molar-refractivity contribution >= 4 is 26.8 Å². The van der Waals surface area contributed by atoms with Gasteiger partial charge in [0.15, 0.2) is 0 Å². The number of benzene rings is 2. The normalized spacial score (nSPS) is 15.8. The Balaban J connectivity index is 1.35. The number of nitrogens with zero attached hydrogens (tertiary/aromatic N) is 1. The number of amides is 1. The van der Waals surface area contributed by atoms with Crippen molar-refractivity contribution in [2.75, 3.05) is 19.6 Å². The molecule has 0 bridgehead atoms. The molecule has 1 aromatic heterocycles. The molecule has 33 heavy (non-hydrogen) atoms. The summed E-state index contributed by atoms with van der Waals surface area (Å²) < 4.78 is 28.4. The number of hydrogen-bond acceptors (Lipinski definition) is 3. The summed E-state index contributed by atoms with van der Waals surface area (Å²) in [6.45, 7) is 8.97. The number of aryl methyl sites for hydroxylation is 2. The maximum atomic E-state index is 13.4. The highest BCUT2D eigenvalue weighted by molar-refractivity contribution is 7.89. The molecule has 176 valence electrons. The maximum Gasteiger partial charge on any atom is 0.243 e. The first-order valence-electron chi connectivity index (χ1n) is 11.6. The van der Waals surface area contributed by atoms with Gasteiger partial charge in [0.05, 0.1) is 4.90 Å². The zero-order chi connectivity index (χ0) is 23.8. The van der Waals surface area contributed by atoms with E-state index >= 15 is 0 Å². The number of fused-ring (bicyclic) bond motifs is 1. The number of aromatic nitrogens is 1. The molecule has 1 fully saturated rings. The van der Waals surface area contributed by atoms with E-state index in [9.17, 15) is 13.2 Å². The summed E-state index contributed by atoms with van der Waals surface area (Å²) >= 11 is 0. The lowest BCUT2D eigenvalue weighted by Crippen LogP contribution is -2.43. The van der Waals surface area contributed by atoms with Crippen LogP contribution in [0.15, 0.2) is 41.4 Å². The van der Waals surface area contributed by atoms with Crippen molar-refractivity contribution < 1.29 is 13.2 Å². The van der Waals surface area contributed by atoms with Gasteiger partial charge < -0.3 is 10.3 Å². The SMILES string of the molecule is Cc1cc(C)c(C)c(S(=O)(=O)N2CCC(C(=O)NCCc3c[nH]c4ccccc34)CC2)c1C. The molecule has 0 spiro atoms. The Morgan fingerprint density at radius 2 is 1.70 bits per heavy atom. The molecule has 6 nitrogen and oxygen atoms in total. The molecule has 7 heteroatoms. The molecule has 3 aromatic rings. The van der Waals surface area contributed by atoms with Crippen LogP contribution in [0.25, 0.3) is 10.9 Å². The predicted molar refractivity (Wildman–Crippen MR) is 132 cm³/mol. The number of carbonyl (C=O) groups excluding carboxylic acids is 1. The lowest BCUT2D eigenvalue weighted by molar-refractivity contribution is -0.126. The molecular weight excluding hydrogens is 434 g/mol.